The number of aryl methyl sites for hydroxylation is 1. The lowest BCUT2D eigenvalue weighted by molar-refractivity contribution is 0.622. The number of H-pyrrole nitrogens is 1. The molecule has 2 N–H and O–H groups in total. The molecule has 3 heteroatoms. The van der Waals surface area contributed by atoms with Crippen LogP contribution in [0, 0.1) is 6.92 Å². The summed E-state index contributed by atoms with van der Waals surface area (Å²) in [4.78, 5) is 0. The van der Waals surface area contributed by atoms with Gasteiger partial charge in [-0.15, -0.1) is 0 Å². The second-order valence-corrected chi connectivity index (χ2v) is 5.31. The van der Waals surface area contributed by atoms with Gasteiger partial charge in [-0.25, -0.2) is 0 Å². The summed E-state index contributed by atoms with van der Waals surface area (Å²) in [7, 11) is 0. The first-order chi connectivity index (χ1) is 9.29. The molecule has 0 bridgehead atoms. The molecule has 3 nitrogen and oxygen atoms in total. The van der Waals surface area contributed by atoms with Crippen LogP contribution in [0.2, 0.25) is 0 Å². The summed E-state index contributed by atoms with van der Waals surface area (Å²) >= 11 is 0. The predicted molar refractivity (Wildman–Crippen MR) is 78.1 cm³/mol. The molecule has 3 rings (SSSR count). The van der Waals surface area contributed by atoms with Gasteiger partial charge in [0.15, 0.2) is 0 Å². The molecular formula is C16H21N3. The quantitative estimate of drug-likeness (QED) is 0.882. The van der Waals surface area contributed by atoms with Crippen LogP contribution in [0.25, 0.3) is 11.3 Å². The third-order valence-electron chi connectivity index (χ3n) is 4.09. The highest BCUT2D eigenvalue weighted by Gasteiger charge is 2.22. The van der Waals surface area contributed by atoms with Gasteiger partial charge in [0.25, 0.3) is 0 Å². The highest BCUT2D eigenvalue weighted by atomic mass is 15.1. The monoisotopic (exact) mass is 255 g/mol. The normalized spacial score (nSPS) is 18.9. The van der Waals surface area contributed by atoms with Crippen molar-refractivity contribution in [2.75, 3.05) is 6.54 Å². The van der Waals surface area contributed by atoms with Gasteiger partial charge < -0.3 is 5.32 Å². The Morgan fingerprint density at radius 1 is 1.26 bits per heavy atom. The maximum atomic E-state index is 4.52. The third-order valence-corrected chi connectivity index (χ3v) is 4.09. The Hall–Kier alpha value is -1.61. The second-order valence-electron chi connectivity index (χ2n) is 5.31. The van der Waals surface area contributed by atoms with E-state index in [2.05, 4.69) is 53.6 Å². The van der Waals surface area contributed by atoms with Crippen LogP contribution >= 0.6 is 0 Å². The van der Waals surface area contributed by atoms with Crippen molar-refractivity contribution in [2.45, 2.75) is 39.2 Å². The van der Waals surface area contributed by atoms with Gasteiger partial charge in [-0.2, -0.15) is 5.10 Å². The van der Waals surface area contributed by atoms with Crippen LogP contribution in [0.3, 0.4) is 0 Å². The number of hydrogen-bond donors (Lipinski definition) is 2. The number of nitrogens with one attached hydrogen (secondary N) is 2. The van der Waals surface area contributed by atoms with Crippen LogP contribution in [0.15, 0.2) is 24.3 Å². The number of aromatic nitrogens is 2. The fourth-order valence-corrected chi connectivity index (χ4v) is 2.86. The summed E-state index contributed by atoms with van der Waals surface area (Å²) in [5.41, 5.74) is 6.20. The number of hydrogen-bond acceptors (Lipinski definition) is 2. The Kier molecular flexibility index (Phi) is 3.38. The molecule has 1 aromatic heterocycles. The van der Waals surface area contributed by atoms with Crippen molar-refractivity contribution in [3.05, 3.63) is 41.1 Å². The van der Waals surface area contributed by atoms with Crippen LogP contribution < -0.4 is 5.32 Å². The fourth-order valence-electron chi connectivity index (χ4n) is 2.86. The van der Waals surface area contributed by atoms with Crippen molar-refractivity contribution in [1.29, 1.82) is 0 Å². The lowest BCUT2D eigenvalue weighted by Crippen LogP contribution is -2.14. The minimum absolute atomic E-state index is 0.455. The van der Waals surface area contributed by atoms with Gasteiger partial charge in [0.2, 0.25) is 0 Å². The molecule has 100 valence electrons. The number of rotatable bonds is 3. The maximum absolute atomic E-state index is 4.52. The Morgan fingerprint density at radius 2 is 2.05 bits per heavy atom. The van der Waals surface area contributed by atoms with Crippen molar-refractivity contribution in [3.8, 4) is 11.3 Å². The molecule has 1 saturated heterocycles. The van der Waals surface area contributed by atoms with Gasteiger partial charge >= 0.3 is 0 Å². The lowest BCUT2D eigenvalue weighted by atomic mass is 10.0. The molecule has 1 aliphatic rings. The van der Waals surface area contributed by atoms with Gasteiger partial charge in [-0.1, -0.05) is 31.2 Å². The Labute approximate surface area is 114 Å². The molecule has 0 spiro atoms. The SMILES string of the molecule is CCc1ccc(-c2n[nH]c(C3CCCN3)c2C)cc1. The molecule has 1 aliphatic heterocycles. The molecule has 1 aromatic carbocycles. The zero-order valence-corrected chi connectivity index (χ0v) is 11.7. The second kappa shape index (κ2) is 5.17. The molecule has 1 fully saturated rings. The van der Waals surface area contributed by atoms with E-state index in [0.717, 1.165) is 18.7 Å². The van der Waals surface area contributed by atoms with E-state index in [1.807, 2.05) is 0 Å². The minimum Gasteiger partial charge on any atom is -0.309 e. The van der Waals surface area contributed by atoms with E-state index in [9.17, 15) is 0 Å². The maximum Gasteiger partial charge on any atom is 0.0953 e. The van der Waals surface area contributed by atoms with Gasteiger partial charge in [0.1, 0.15) is 0 Å². The van der Waals surface area contributed by atoms with Gasteiger partial charge in [0, 0.05) is 11.6 Å². The highest BCUT2D eigenvalue weighted by Crippen LogP contribution is 2.30. The summed E-state index contributed by atoms with van der Waals surface area (Å²) in [6.07, 6.45) is 3.54. The smallest absolute Gasteiger partial charge is 0.0953 e. The van der Waals surface area contributed by atoms with Crippen LogP contribution in [-0.2, 0) is 6.42 Å². The van der Waals surface area contributed by atoms with Crippen LogP contribution in [0.4, 0.5) is 0 Å². The summed E-state index contributed by atoms with van der Waals surface area (Å²) in [6.45, 7) is 5.46. The zero-order chi connectivity index (χ0) is 13.2. The van der Waals surface area contributed by atoms with Crippen molar-refractivity contribution in [1.82, 2.24) is 15.5 Å². The zero-order valence-electron chi connectivity index (χ0n) is 11.7. The number of nitrogens with zero attached hydrogens (tertiary/aromatic N) is 1. The molecule has 0 amide bonds. The highest BCUT2D eigenvalue weighted by molar-refractivity contribution is 5.64. The average molecular weight is 255 g/mol. The summed E-state index contributed by atoms with van der Waals surface area (Å²) < 4.78 is 0. The summed E-state index contributed by atoms with van der Waals surface area (Å²) in [5, 5.41) is 11.3. The van der Waals surface area contributed by atoms with Crippen molar-refractivity contribution < 1.29 is 0 Å². The fraction of sp³-hybridized carbons (Fsp3) is 0.438. The average Bonchev–Trinajstić information content (AvgIpc) is 3.08. The number of benzene rings is 1. The molecule has 0 aliphatic carbocycles. The van der Waals surface area contributed by atoms with Gasteiger partial charge in [0.05, 0.1) is 11.4 Å². The first-order valence-electron chi connectivity index (χ1n) is 7.17. The molecule has 2 aromatic rings. The van der Waals surface area contributed by atoms with E-state index in [1.165, 1.54) is 35.2 Å². The first-order valence-corrected chi connectivity index (χ1v) is 7.17. The lowest BCUT2D eigenvalue weighted by Gasteiger charge is -2.08. The standard InChI is InChI=1S/C16H21N3/c1-3-12-6-8-13(9-7-12)15-11(2)16(19-18-15)14-5-4-10-17-14/h6-9,14,17H,3-5,10H2,1-2H3,(H,18,19). The van der Waals surface area contributed by atoms with E-state index >= 15 is 0 Å². The van der Waals surface area contributed by atoms with Crippen molar-refractivity contribution in [2.24, 2.45) is 0 Å². The topological polar surface area (TPSA) is 40.7 Å². The largest absolute Gasteiger partial charge is 0.309 e. The van der Waals surface area contributed by atoms with E-state index in [1.54, 1.807) is 0 Å². The number of aromatic amines is 1. The molecule has 1 unspecified atom stereocenters. The van der Waals surface area contributed by atoms with Crippen molar-refractivity contribution >= 4 is 0 Å². The molecule has 1 atom stereocenters. The van der Waals surface area contributed by atoms with E-state index in [-0.39, 0.29) is 0 Å². The molecular weight excluding hydrogens is 234 g/mol. The summed E-state index contributed by atoms with van der Waals surface area (Å²) in [6, 6.07) is 9.19. The van der Waals surface area contributed by atoms with E-state index in [0.29, 0.717) is 6.04 Å². The van der Waals surface area contributed by atoms with Gasteiger partial charge in [-0.05, 0) is 43.9 Å². The van der Waals surface area contributed by atoms with E-state index < -0.39 is 0 Å². The Balaban J connectivity index is 1.92. The third kappa shape index (κ3) is 2.30. The van der Waals surface area contributed by atoms with Crippen LogP contribution in [-0.4, -0.2) is 16.7 Å². The van der Waals surface area contributed by atoms with Crippen molar-refractivity contribution in [3.63, 3.8) is 0 Å². The molecule has 19 heavy (non-hydrogen) atoms. The molecule has 2 heterocycles. The van der Waals surface area contributed by atoms with Gasteiger partial charge in [-0.3, -0.25) is 5.10 Å². The Bertz CT molecular complexity index is 548. The molecule has 0 saturated carbocycles. The first kappa shape index (κ1) is 12.4. The van der Waals surface area contributed by atoms with Crippen LogP contribution in [0.5, 0.6) is 0 Å². The van der Waals surface area contributed by atoms with E-state index in [4.69, 9.17) is 0 Å². The Morgan fingerprint density at radius 3 is 2.68 bits per heavy atom. The van der Waals surface area contributed by atoms with Crippen LogP contribution in [0.1, 0.15) is 42.6 Å². The predicted octanol–water partition coefficient (Wildman–Crippen LogP) is 3.37. The molecule has 0 radical (unpaired) electrons. The minimum atomic E-state index is 0.455. The summed E-state index contributed by atoms with van der Waals surface area (Å²) in [5.74, 6) is 0.